The van der Waals surface area contributed by atoms with Crippen LogP contribution in [0.1, 0.15) is 11.1 Å². The predicted octanol–water partition coefficient (Wildman–Crippen LogP) is 4.91. The number of halogens is 2. The van der Waals surface area contributed by atoms with Gasteiger partial charge in [-0.05, 0) is 59.3 Å². The standard InChI is InChI=1S/C14H10ClIN2O2/c1-9-6-11(2-5-14(9)16)17-8-10-7-12(18(19)20)3-4-13(10)15/h2-8H,1H3. The summed E-state index contributed by atoms with van der Waals surface area (Å²) in [5.41, 5.74) is 2.43. The Morgan fingerprint density at radius 3 is 2.70 bits per heavy atom. The summed E-state index contributed by atoms with van der Waals surface area (Å²) in [7, 11) is 0. The van der Waals surface area contributed by atoms with Gasteiger partial charge in [-0.1, -0.05) is 11.6 Å². The second-order valence-corrected chi connectivity index (χ2v) is 5.72. The van der Waals surface area contributed by atoms with Gasteiger partial charge in [0.15, 0.2) is 0 Å². The van der Waals surface area contributed by atoms with Crippen LogP contribution in [0, 0.1) is 20.6 Å². The molecule has 0 aliphatic rings. The molecule has 0 bridgehead atoms. The van der Waals surface area contributed by atoms with Gasteiger partial charge in [0.25, 0.3) is 5.69 Å². The number of nitro groups is 1. The van der Waals surface area contributed by atoms with E-state index < -0.39 is 4.92 Å². The fourth-order valence-corrected chi connectivity index (χ4v) is 2.10. The monoisotopic (exact) mass is 400 g/mol. The Kier molecular flexibility index (Phi) is 4.72. The summed E-state index contributed by atoms with van der Waals surface area (Å²) in [5, 5.41) is 11.2. The van der Waals surface area contributed by atoms with Gasteiger partial charge in [0.05, 0.1) is 10.6 Å². The van der Waals surface area contributed by atoms with Crippen molar-refractivity contribution in [2.45, 2.75) is 6.92 Å². The van der Waals surface area contributed by atoms with Crippen molar-refractivity contribution >= 4 is 51.8 Å². The minimum absolute atomic E-state index is 0.00496. The van der Waals surface area contributed by atoms with Crippen molar-refractivity contribution in [1.82, 2.24) is 0 Å². The van der Waals surface area contributed by atoms with E-state index in [0.717, 1.165) is 14.8 Å². The second kappa shape index (κ2) is 6.32. The summed E-state index contributed by atoms with van der Waals surface area (Å²) in [5.74, 6) is 0. The van der Waals surface area contributed by atoms with Crippen LogP contribution in [-0.2, 0) is 0 Å². The maximum Gasteiger partial charge on any atom is 0.270 e. The maximum absolute atomic E-state index is 10.7. The molecule has 0 radical (unpaired) electrons. The number of nitro benzene ring substituents is 1. The molecule has 0 heterocycles. The van der Waals surface area contributed by atoms with Crippen LogP contribution in [0.5, 0.6) is 0 Å². The van der Waals surface area contributed by atoms with Gasteiger partial charge >= 0.3 is 0 Å². The minimum Gasteiger partial charge on any atom is -0.258 e. The Morgan fingerprint density at radius 1 is 1.30 bits per heavy atom. The molecule has 0 unspecified atom stereocenters. The van der Waals surface area contributed by atoms with Gasteiger partial charge in [0.1, 0.15) is 0 Å². The van der Waals surface area contributed by atoms with E-state index >= 15 is 0 Å². The Bertz CT molecular complexity index is 702. The van der Waals surface area contributed by atoms with Crippen molar-refractivity contribution in [3.63, 3.8) is 0 Å². The van der Waals surface area contributed by atoms with Crippen LogP contribution >= 0.6 is 34.2 Å². The van der Waals surface area contributed by atoms with E-state index in [1.165, 1.54) is 24.4 Å². The number of aryl methyl sites for hydroxylation is 1. The van der Waals surface area contributed by atoms with Gasteiger partial charge < -0.3 is 0 Å². The van der Waals surface area contributed by atoms with Gasteiger partial charge in [-0.2, -0.15) is 0 Å². The molecule has 4 nitrogen and oxygen atoms in total. The molecule has 0 atom stereocenters. The third-order valence-electron chi connectivity index (χ3n) is 2.68. The Labute approximate surface area is 134 Å². The van der Waals surface area contributed by atoms with E-state index in [0.29, 0.717) is 10.6 Å². The van der Waals surface area contributed by atoms with Gasteiger partial charge in [-0.25, -0.2) is 0 Å². The zero-order valence-corrected chi connectivity index (χ0v) is 13.4. The first-order valence-corrected chi connectivity index (χ1v) is 7.17. The van der Waals surface area contributed by atoms with E-state index in [-0.39, 0.29) is 5.69 Å². The highest BCUT2D eigenvalue weighted by Gasteiger charge is 2.08. The molecule has 0 N–H and O–H groups in total. The highest BCUT2D eigenvalue weighted by Crippen LogP contribution is 2.23. The number of benzene rings is 2. The third kappa shape index (κ3) is 3.55. The molecule has 2 rings (SSSR count). The largest absolute Gasteiger partial charge is 0.270 e. The fourth-order valence-electron chi connectivity index (χ4n) is 1.60. The van der Waals surface area contributed by atoms with Crippen LogP contribution in [0.25, 0.3) is 0 Å². The molecule has 0 saturated heterocycles. The number of rotatable bonds is 3. The number of aliphatic imine (C=N–C) groups is 1. The lowest BCUT2D eigenvalue weighted by Crippen LogP contribution is -1.90. The molecule has 0 aromatic heterocycles. The topological polar surface area (TPSA) is 55.5 Å². The summed E-state index contributed by atoms with van der Waals surface area (Å²) in [6, 6.07) is 10.1. The van der Waals surface area contributed by atoms with Crippen molar-refractivity contribution in [3.05, 3.63) is 66.2 Å². The Hall–Kier alpha value is -1.47. The molecule has 102 valence electrons. The highest BCUT2D eigenvalue weighted by molar-refractivity contribution is 14.1. The van der Waals surface area contributed by atoms with Crippen LogP contribution in [0.4, 0.5) is 11.4 Å². The first kappa shape index (κ1) is 14.9. The Balaban J connectivity index is 2.33. The van der Waals surface area contributed by atoms with Gasteiger partial charge in [-0.3, -0.25) is 15.1 Å². The molecule has 20 heavy (non-hydrogen) atoms. The molecule has 0 aliphatic heterocycles. The SMILES string of the molecule is Cc1cc(N=Cc2cc([N+](=O)[O-])ccc2Cl)ccc1I. The van der Waals surface area contributed by atoms with Crippen LogP contribution in [0.15, 0.2) is 41.4 Å². The molecule has 6 heteroatoms. The lowest BCUT2D eigenvalue weighted by molar-refractivity contribution is -0.384. The van der Waals surface area contributed by atoms with Crippen molar-refractivity contribution in [2.24, 2.45) is 4.99 Å². The van der Waals surface area contributed by atoms with Crippen molar-refractivity contribution in [1.29, 1.82) is 0 Å². The van der Waals surface area contributed by atoms with Crippen molar-refractivity contribution < 1.29 is 4.92 Å². The van der Waals surface area contributed by atoms with Crippen molar-refractivity contribution in [2.75, 3.05) is 0 Å². The second-order valence-electron chi connectivity index (χ2n) is 4.15. The fraction of sp³-hybridized carbons (Fsp3) is 0.0714. The number of non-ortho nitro benzene ring substituents is 1. The summed E-state index contributed by atoms with van der Waals surface area (Å²) in [6.45, 7) is 2.00. The molecular weight excluding hydrogens is 391 g/mol. The predicted molar refractivity (Wildman–Crippen MR) is 89.3 cm³/mol. The summed E-state index contributed by atoms with van der Waals surface area (Å²) in [6.07, 6.45) is 1.54. The number of hydrogen-bond acceptors (Lipinski definition) is 3. The summed E-state index contributed by atoms with van der Waals surface area (Å²) < 4.78 is 1.16. The maximum atomic E-state index is 10.7. The number of nitrogens with zero attached hydrogens (tertiary/aromatic N) is 2. The normalized spacial score (nSPS) is 10.9. The summed E-state index contributed by atoms with van der Waals surface area (Å²) in [4.78, 5) is 14.6. The first-order valence-electron chi connectivity index (χ1n) is 5.71. The van der Waals surface area contributed by atoms with E-state index in [2.05, 4.69) is 27.6 Å². The van der Waals surface area contributed by atoms with E-state index in [9.17, 15) is 10.1 Å². The summed E-state index contributed by atoms with van der Waals surface area (Å²) >= 11 is 8.26. The van der Waals surface area contributed by atoms with Gasteiger partial charge in [0, 0.05) is 32.5 Å². The highest BCUT2D eigenvalue weighted by atomic mass is 127. The lowest BCUT2D eigenvalue weighted by atomic mass is 10.2. The zero-order chi connectivity index (χ0) is 14.7. The van der Waals surface area contributed by atoms with E-state index in [1.54, 1.807) is 0 Å². The van der Waals surface area contributed by atoms with Crippen molar-refractivity contribution in [3.8, 4) is 0 Å². The zero-order valence-electron chi connectivity index (χ0n) is 10.5. The molecule has 0 amide bonds. The first-order chi connectivity index (χ1) is 9.47. The van der Waals surface area contributed by atoms with Crippen LogP contribution in [-0.4, -0.2) is 11.1 Å². The molecule has 0 aliphatic carbocycles. The number of hydrogen-bond donors (Lipinski definition) is 0. The lowest BCUT2D eigenvalue weighted by Gasteiger charge is -2.00. The Morgan fingerprint density at radius 2 is 2.05 bits per heavy atom. The van der Waals surface area contributed by atoms with Crippen LogP contribution < -0.4 is 0 Å². The van der Waals surface area contributed by atoms with Crippen LogP contribution in [0.3, 0.4) is 0 Å². The molecule has 0 fully saturated rings. The van der Waals surface area contributed by atoms with Crippen LogP contribution in [0.2, 0.25) is 5.02 Å². The molecule has 2 aromatic rings. The average Bonchev–Trinajstić information content (AvgIpc) is 2.41. The third-order valence-corrected chi connectivity index (χ3v) is 4.24. The molecule has 2 aromatic carbocycles. The quantitative estimate of drug-likeness (QED) is 0.318. The van der Waals surface area contributed by atoms with E-state index in [4.69, 9.17) is 11.6 Å². The average molecular weight is 401 g/mol. The minimum atomic E-state index is -0.456. The smallest absolute Gasteiger partial charge is 0.258 e. The van der Waals surface area contributed by atoms with E-state index in [1.807, 2.05) is 25.1 Å². The molecule has 0 saturated carbocycles. The van der Waals surface area contributed by atoms with Gasteiger partial charge in [-0.15, -0.1) is 0 Å². The molecular formula is C14H10ClIN2O2. The molecule has 0 spiro atoms. The van der Waals surface area contributed by atoms with Gasteiger partial charge in [0.2, 0.25) is 0 Å².